The van der Waals surface area contributed by atoms with E-state index in [2.05, 4.69) is 27.7 Å². The largest absolute Gasteiger partial charge is 2.00 e. The molecule has 0 saturated carbocycles. The van der Waals surface area contributed by atoms with E-state index in [1.165, 1.54) is 0 Å². The van der Waals surface area contributed by atoms with Crippen LogP contribution in [0.3, 0.4) is 0 Å². The molecule has 0 spiro atoms. The molecule has 0 rings (SSSR count). The SMILES string of the molecule is CCCC([O-])CCC.CCCC([O-])CCC.[Mg+2]. The van der Waals surface area contributed by atoms with E-state index in [-0.39, 0.29) is 35.3 Å². The maximum Gasteiger partial charge on any atom is 2.00 e. The van der Waals surface area contributed by atoms with Crippen molar-refractivity contribution in [2.45, 2.75) is 91.3 Å². The van der Waals surface area contributed by atoms with Gasteiger partial charge in [-0.25, -0.2) is 0 Å². The Balaban J connectivity index is -0.000000218. The summed E-state index contributed by atoms with van der Waals surface area (Å²) in [6.07, 6.45) is 6.99. The Morgan fingerprint density at radius 3 is 0.882 bits per heavy atom. The molecule has 0 aliphatic rings. The van der Waals surface area contributed by atoms with Crippen molar-refractivity contribution in [3.63, 3.8) is 0 Å². The van der Waals surface area contributed by atoms with Gasteiger partial charge in [0.1, 0.15) is 0 Å². The summed E-state index contributed by atoms with van der Waals surface area (Å²) in [5, 5.41) is 21.5. The summed E-state index contributed by atoms with van der Waals surface area (Å²) in [6, 6.07) is 0. The molecule has 100 valence electrons. The Morgan fingerprint density at radius 2 is 0.765 bits per heavy atom. The van der Waals surface area contributed by atoms with Crippen LogP contribution in [0, 0.1) is 0 Å². The van der Waals surface area contributed by atoms with Crippen LogP contribution in [-0.2, 0) is 0 Å². The van der Waals surface area contributed by atoms with Crippen molar-refractivity contribution in [2.75, 3.05) is 0 Å². The zero-order valence-corrected chi connectivity index (χ0v) is 13.7. The Labute approximate surface area is 124 Å². The third-order valence-corrected chi connectivity index (χ3v) is 2.44. The number of hydrogen-bond donors (Lipinski definition) is 0. The van der Waals surface area contributed by atoms with Gasteiger partial charge in [0.05, 0.1) is 0 Å². The zero-order valence-electron chi connectivity index (χ0n) is 12.3. The number of rotatable bonds is 8. The van der Waals surface area contributed by atoms with Gasteiger partial charge in [-0.1, -0.05) is 79.1 Å². The third-order valence-electron chi connectivity index (χ3n) is 2.44. The van der Waals surface area contributed by atoms with Crippen LogP contribution in [0.2, 0.25) is 0 Å². The van der Waals surface area contributed by atoms with Gasteiger partial charge in [0.2, 0.25) is 0 Å². The van der Waals surface area contributed by atoms with Crippen LogP contribution >= 0.6 is 0 Å². The first-order valence-electron chi connectivity index (χ1n) is 6.93. The van der Waals surface area contributed by atoms with Crippen molar-refractivity contribution in [1.82, 2.24) is 0 Å². The average Bonchev–Trinajstić information content (AvgIpc) is 2.20. The molecule has 0 heterocycles. The first-order valence-corrected chi connectivity index (χ1v) is 6.93. The normalized spacial score (nSPS) is 9.88. The van der Waals surface area contributed by atoms with Crippen LogP contribution in [0.25, 0.3) is 0 Å². The summed E-state index contributed by atoms with van der Waals surface area (Å²) in [5.41, 5.74) is 0. The quantitative estimate of drug-likeness (QED) is 0.624. The van der Waals surface area contributed by atoms with E-state index < -0.39 is 0 Å². The maximum absolute atomic E-state index is 10.7. The molecule has 2 nitrogen and oxygen atoms in total. The van der Waals surface area contributed by atoms with Gasteiger partial charge in [-0.15, -0.1) is 12.2 Å². The van der Waals surface area contributed by atoms with Gasteiger partial charge < -0.3 is 10.2 Å². The van der Waals surface area contributed by atoms with E-state index in [0.717, 1.165) is 51.4 Å². The minimum absolute atomic E-state index is 0. The summed E-state index contributed by atoms with van der Waals surface area (Å²) < 4.78 is 0. The molecule has 17 heavy (non-hydrogen) atoms. The first kappa shape index (κ1) is 22.8. The van der Waals surface area contributed by atoms with Gasteiger partial charge in [0.25, 0.3) is 0 Å². The standard InChI is InChI=1S/2C7H15O.Mg/c2*1-3-5-7(8)6-4-2;/h2*7H,3-6H2,1-2H3;/q2*-1;+2. The molecule has 3 heteroatoms. The van der Waals surface area contributed by atoms with Crippen LogP contribution in [-0.4, -0.2) is 35.3 Å². The minimum Gasteiger partial charge on any atom is -0.852 e. The van der Waals surface area contributed by atoms with Gasteiger partial charge in [0, 0.05) is 0 Å². The van der Waals surface area contributed by atoms with E-state index >= 15 is 0 Å². The Morgan fingerprint density at radius 1 is 0.588 bits per heavy atom. The molecule has 0 amide bonds. The van der Waals surface area contributed by atoms with Gasteiger partial charge >= 0.3 is 23.1 Å². The summed E-state index contributed by atoms with van der Waals surface area (Å²) in [6.45, 7) is 8.22. The van der Waals surface area contributed by atoms with Crippen molar-refractivity contribution in [2.24, 2.45) is 0 Å². The molecule has 0 bridgehead atoms. The van der Waals surface area contributed by atoms with Crippen molar-refractivity contribution in [3.8, 4) is 0 Å². The molecule has 0 aromatic rings. The molecular weight excluding hydrogens is 224 g/mol. The zero-order chi connectivity index (χ0) is 12.8. The molecular formula is C14H30MgO2. The predicted molar refractivity (Wildman–Crippen MR) is 73.0 cm³/mol. The molecule has 0 radical (unpaired) electrons. The monoisotopic (exact) mass is 254 g/mol. The van der Waals surface area contributed by atoms with E-state index in [9.17, 15) is 10.2 Å². The fraction of sp³-hybridized carbons (Fsp3) is 1.00. The summed E-state index contributed by atoms with van der Waals surface area (Å²) in [5.74, 6) is 0. The van der Waals surface area contributed by atoms with Crippen molar-refractivity contribution < 1.29 is 10.2 Å². The third kappa shape index (κ3) is 22.4. The van der Waals surface area contributed by atoms with Crippen LogP contribution in [0.5, 0.6) is 0 Å². The molecule has 0 atom stereocenters. The van der Waals surface area contributed by atoms with E-state index in [1.54, 1.807) is 0 Å². The van der Waals surface area contributed by atoms with Gasteiger partial charge in [-0.05, 0) is 0 Å². The second kappa shape index (κ2) is 19.0. The van der Waals surface area contributed by atoms with Crippen molar-refractivity contribution in [3.05, 3.63) is 0 Å². The fourth-order valence-electron chi connectivity index (χ4n) is 1.58. The van der Waals surface area contributed by atoms with Gasteiger partial charge in [-0.2, -0.15) is 0 Å². The van der Waals surface area contributed by atoms with E-state index in [0.29, 0.717) is 0 Å². The topological polar surface area (TPSA) is 46.1 Å². The van der Waals surface area contributed by atoms with E-state index in [4.69, 9.17) is 0 Å². The second-order valence-corrected chi connectivity index (χ2v) is 4.40. The Hall–Kier alpha value is 0.686. The molecule has 0 aromatic carbocycles. The Kier molecular flexibility index (Phi) is 25.6. The molecule has 0 fully saturated rings. The molecule has 0 N–H and O–H groups in total. The maximum atomic E-state index is 10.7. The average molecular weight is 255 g/mol. The summed E-state index contributed by atoms with van der Waals surface area (Å²) in [4.78, 5) is 0. The van der Waals surface area contributed by atoms with Gasteiger partial charge in [0.15, 0.2) is 0 Å². The smallest absolute Gasteiger partial charge is 0.852 e. The molecule has 0 unspecified atom stereocenters. The predicted octanol–water partition coefficient (Wildman–Crippen LogP) is 2.25. The van der Waals surface area contributed by atoms with Crippen molar-refractivity contribution >= 4 is 23.1 Å². The fourth-order valence-corrected chi connectivity index (χ4v) is 1.58. The van der Waals surface area contributed by atoms with Crippen LogP contribution in [0.15, 0.2) is 0 Å². The van der Waals surface area contributed by atoms with Gasteiger partial charge in [-0.3, -0.25) is 0 Å². The second-order valence-electron chi connectivity index (χ2n) is 4.40. The van der Waals surface area contributed by atoms with Crippen LogP contribution in [0.1, 0.15) is 79.1 Å². The summed E-state index contributed by atoms with van der Waals surface area (Å²) >= 11 is 0. The summed E-state index contributed by atoms with van der Waals surface area (Å²) in [7, 11) is 0. The molecule has 0 saturated heterocycles. The molecule has 0 aromatic heterocycles. The Bertz CT molecular complexity index is 94.8. The molecule has 0 aliphatic carbocycles. The first-order chi connectivity index (χ1) is 7.62. The van der Waals surface area contributed by atoms with E-state index in [1.807, 2.05) is 0 Å². The minimum atomic E-state index is -0.287. The van der Waals surface area contributed by atoms with Crippen LogP contribution in [0.4, 0.5) is 0 Å². The van der Waals surface area contributed by atoms with Crippen LogP contribution < -0.4 is 10.2 Å². The number of hydrogen-bond acceptors (Lipinski definition) is 2. The molecule has 0 aliphatic heterocycles. The van der Waals surface area contributed by atoms with Crippen molar-refractivity contribution in [1.29, 1.82) is 0 Å².